The van der Waals surface area contributed by atoms with E-state index in [9.17, 15) is 9.90 Å². The number of carbonyl (C=O) groups excluding carboxylic acids is 1. The van der Waals surface area contributed by atoms with E-state index in [0.29, 0.717) is 5.41 Å². The number of hydrogen-bond donors (Lipinski definition) is 1. The van der Waals surface area contributed by atoms with Crippen molar-refractivity contribution >= 4 is 5.97 Å². The molecule has 0 radical (unpaired) electrons. The summed E-state index contributed by atoms with van der Waals surface area (Å²) in [5.41, 5.74) is 0.376. The van der Waals surface area contributed by atoms with E-state index < -0.39 is 5.97 Å². The third-order valence-electron chi connectivity index (χ3n) is 2.62. The number of aliphatic hydroxyl groups is 1. The fraction of sp³-hybridized carbons (Fsp3) is 0.938. The lowest BCUT2D eigenvalue weighted by atomic mass is 9.89. The average molecular weight is 289 g/mol. The fourth-order valence-electron chi connectivity index (χ4n) is 1.89. The van der Waals surface area contributed by atoms with Crippen molar-refractivity contribution in [3.63, 3.8) is 0 Å². The first-order chi connectivity index (χ1) is 8.83. The molecule has 0 saturated carbocycles. The number of aliphatic carboxylic acids is 1. The van der Waals surface area contributed by atoms with Crippen LogP contribution in [0.3, 0.4) is 0 Å². The van der Waals surface area contributed by atoms with Gasteiger partial charge in [0.25, 0.3) is 0 Å². The molecule has 122 valence electrons. The van der Waals surface area contributed by atoms with Crippen molar-refractivity contribution in [2.24, 2.45) is 5.41 Å². The van der Waals surface area contributed by atoms with Gasteiger partial charge in [-0.05, 0) is 31.6 Å². The average Bonchev–Trinajstić information content (AvgIpc) is 2.11. The number of rotatable bonds is 7. The number of carboxylic acids is 1. The molecule has 20 heavy (non-hydrogen) atoms. The van der Waals surface area contributed by atoms with Crippen LogP contribution in [0.2, 0.25) is 0 Å². The number of unbranched alkanes of at least 4 members (excludes halogenated alkanes) is 2. The molecule has 4 heteroatoms. The van der Waals surface area contributed by atoms with Crippen molar-refractivity contribution < 1.29 is 19.5 Å². The molecule has 0 aromatic heterocycles. The summed E-state index contributed by atoms with van der Waals surface area (Å²) < 4.78 is 0.831. The van der Waals surface area contributed by atoms with E-state index in [2.05, 4.69) is 41.9 Å². The Morgan fingerprint density at radius 1 is 1.15 bits per heavy atom. The second-order valence-electron chi connectivity index (χ2n) is 7.82. The zero-order chi connectivity index (χ0) is 16.4. The molecule has 0 bridgehead atoms. The summed E-state index contributed by atoms with van der Waals surface area (Å²) in [7, 11) is 6.19. The maximum atomic E-state index is 10.0. The molecule has 4 nitrogen and oxygen atoms in total. The van der Waals surface area contributed by atoms with Gasteiger partial charge in [-0.2, -0.15) is 0 Å². The zero-order valence-electron chi connectivity index (χ0n) is 14.5. The largest absolute Gasteiger partial charge is 0.550 e. The van der Waals surface area contributed by atoms with Crippen LogP contribution in [0, 0.1) is 5.41 Å². The van der Waals surface area contributed by atoms with Crippen LogP contribution in [-0.4, -0.2) is 49.4 Å². The first kappa shape index (κ1) is 21.7. The molecule has 0 aliphatic carbocycles. The molecule has 0 aromatic carbocycles. The van der Waals surface area contributed by atoms with Gasteiger partial charge in [0.1, 0.15) is 12.6 Å². The Hall–Kier alpha value is -0.610. The summed E-state index contributed by atoms with van der Waals surface area (Å²) in [5.74, 6) is -0.925. The van der Waals surface area contributed by atoms with Gasteiger partial charge < -0.3 is 19.5 Å². The summed E-state index contributed by atoms with van der Waals surface area (Å²) in [6.45, 7) is 9.23. The van der Waals surface area contributed by atoms with Crippen LogP contribution in [0.25, 0.3) is 0 Å². The maximum Gasteiger partial charge on any atom is 0.104 e. The molecule has 0 spiro atoms. The van der Waals surface area contributed by atoms with Crippen molar-refractivity contribution in [2.45, 2.75) is 65.9 Å². The molecule has 0 rings (SSSR count). The highest BCUT2D eigenvalue weighted by Crippen LogP contribution is 2.22. The minimum absolute atomic E-state index is 0.185. The predicted octanol–water partition coefficient (Wildman–Crippen LogP) is 1.81. The topological polar surface area (TPSA) is 60.4 Å². The number of carboxylic acid groups (broad SMARTS) is 1. The molecule has 0 aliphatic rings. The number of hydrogen-bond acceptors (Lipinski definition) is 3. The quantitative estimate of drug-likeness (QED) is 0.574. The second-order valence-corrected chi connectivity index (χ2v) is 7.82. The Balaban J connectivity index is 0. The molecule has 0 aromatic rings. The zero-order valence-corrected chi connectivity index (χ0v) is 14.5. The van der Waals surface area contributed by atoms with Gasteiger partial charge in [-0.15, -0.1) is 0 Å². The monoisotopic (exact) mass is 289 g/mol. The Bertz CT molecular complexity index is 249. The Morgan fingerprint density at radius 2 is 1.65 bits per heavy atom. The molecular weight excluding hydrogens is 254 g/mol. The lowest BCUT2D eigenvalue weighted by molar-refractivity contribution is -0.873. The molecule has 1 atom stereocenters. The number of likely N-dealkylation sites (N-methyl/N-ethyl adjacent to an activating group) is 1. The van der Waals surface area contributed by atoms with Gasteiger partial charge in [-0.25, -0.2) is 0 Å². The van der Waals surface area contributed by atoms with Gasteiger partial charge in [0.2, 0.25) is 0 Å². The van der Waals surface area contributed by atoms with Crippen LogP contribution in [0.4, 0.5) is 0 Å². The molecule has 0 heterocycles. The number of quaternary nitrogens is 1. The lowest BCUT2D eigenvalue weighted by Crippen LogP contribution is -2.40. The van der Waals surface area contributed by atoms with Crippen LogP contribution in [0.15, 0.2) is 0 Å². The summed E-state index contributed by atoms with van der Waals surface area (Å²) in [4.78, 5) is 10.0. The van der Waals surface area contributed by atoms with E-state index in [1.807, 2.05) is 6.92 Å². The van der Waals surface area contributed by atoms with Gasteiger partial charge in [-0.3, -0.25) is 0 Å². The van der Waals surface area contributed by atoms with Crippen molar-refractivity contribution in [1.82, 2.24) is 0 Å². The first-order valence-corrected chi connectivity index (χ1v) is 7.52. The number of carbonyl (C=O) groups is 1. The maximum absolute atomic E-state index is 10.0. The summed E-state index contributed by atoms with van der Waals surface area (Å²) >= 11 is 0. The van der Waals surface area contributed by atoms with Crippen molar-refractivity contribution in [2.75, 3.05) is 27.7 Å². The van der Waals surface area contributed by atoms with Crippen molar-refractivity contribution in [3.8, 4) is 0 Å². The number of aliphatic hydroxyl groups excluding tert-OH is 1. The van der Waals surface area contributed by atoms with Crippen molar-refractivity contribution in [1.29, 1.82) is 0 Å². The third kappa shape index (κ3) is 26.1. The lowest BCUT2D eigenvalue weighted by Gasteiger charge is -2.24. The number of nitrogens with zero attached hydrogens (tertiary/aromatic N) is 1. The van der Waals surface area contributed by atoms with Gasteiger partial charge in [0.15, 0.2) is 0 Å². The molecule has 1 unspecified atom stereocenters. The van der Waals surface area contributed by atoms with Gasteiger partial charge >= 0.3 is 0 Å². The fourth-order valence-corrected chi connectivity index (χ4v) is 1.89. The molecule has 0 saturated heterocycles. The minimum atomic E-state index is -0.925. The Morgan fingerprint density at radius 3 is 1.90 bits per heavy atom. The highest BCUT2D eigenvalue weighted by Gasteiger charge is 2.09. The van der Waals surface area contributed by atoms with Crippen molar-refractivity contribution in [3.05, 3.63) is 0 Å². The van der Waals surface area contributed by atoms with E-state index in [1.165, 1.54) is 6.42 Å². The molecule has 1 N–H and O–H groups in total. The highest BCUT2D eigenvalue weighted by atomic mass is 16.4. The summed E-state index contributed by atoms with van der Waals surface area (Å²) in [6, 6.07) is 0. The van der Waals surface area contributed by atoms with Crippen LogP contribution in [0.5, 0.6) is 0 Å². The molecule has 0 aliphatic heterocycles. The van der Waals surface area contributed by atoms with Crippen LogP contribution >= 0.6 is 0 Å². The van der Waals surface area contributed by atoms with E-state index in [1.54, 1.807) is 0 Å². The van der Waals surface area contributed by atoms with Crippen LogP contribution in [0.1, 0.15) is 59.8 Å². The smallest absolute Gasteiger partial charge is 0.104 e. The van der Waals surface area contributed by atoms with E-state index in [-0.39, 0.29) is 12.5 Å². The van der Waals surface area contributed by atoms with Crippen LogP contribution < -0.4 is 5.11 Å². The second kappa shape index (κ2) is 10.2. The molecule has 0 amide bonds. The van der Waals surface area contributed by atoms with Crippen LogP contribution in [-0.2, 0) is 4.79 Å². The third-order valence-corrected chi connectivity index (χ3v) is 2.62. The Labute approximate surface area is 125 Å². The predicted molar refractivity (Wildman–Crippen MR) is 82.1 cm³/mol. The van der Waals surface area contributed by atoms with Gasteiger partial charge in [-0.1, -0.05) is 33.6 Å². The molecular formula is C16H35NO3. The van der Waals surface area contributed by atoms with E-state index >= 15 is 0 Å². The SMILES string of the molecule is CC(C)(C)CCCCCC(=O)[O-].CC(O)C[N+](C)(C)C. The van der Waals surface area contributed by atoms with Gasteiger partial charge in [0, 0.05) is 5.97 Å². The van der Waals surface area contributed by atoms with E-state index in [0.717, 1.165) is 30.3 Å². The summed E-state index contributed by atoms with van der Waals surface area (Å²) in [5, 5.41) is 18.9. The Kier molecular flexibility index (Phi) is 11.0. The summed E-state index contributed by atoms with van der Waals surface area (Å²) in [6.07, 6.45) is 4.08. The normalized spacial score (nSPS) is 13.4. The highest BCUT2D eigenvalue weighted by molar-refractivity contribution is 5.63. The van der Waals surface area contributed by atoms with E-state index in [4.69, 9.17) is 5.11 Å². The first-order valence-electron chi connectivity index (χ1n) is 7.52. The minimum Gasteiger partial charge on any atom is -0.550 e. The van der Waals surface area contributed by atoms with Gasteiger partial charge in [0.05, 0.1) is 21.1 Å². The molecule has 0 fully saturated rings. The standard InChI is InChI=1S/C10H20O2.C6H16NO/c1-10(2,3)8-6-4-5-7-9(11)12;1-6(8)5-7(2,3)4/h4-8H2,1-3H3,(H,11,12);6,8H,5H2,1-4H3/q;+1/p-1.